The van der Waals surface area contributed by atoms with Crippen LogP contribution < -0.4 is 10.7 Å². The fourth-order valence-electron chi connectivity index (χ4n) is 3.01. The van der Waals surface area contributed by atoms with Crippen molar-refractivity contribution in [2.45, 2.75) is 13.8 Å². The Hall–Kier alpha value is -3.14. The Kier molecular flexibility index (Phi) is 3.94. The van der Waals surface area contributed by atoms with Crippen LogP contribution >= 0.6 is 0 Å². The summed E-state index contributed by atoms with van der Waals surface area (Å²) in [5.74, 6) is 0. The van der Waals surface area contributed by atoms with Crippen molar-refractivity contribution in [1.29, 1.82) is 0 Å². The van der Waals surface area contributed by atoms with Crippen LogP contribution in [0.3, 0.4) is 0 Å². The third-order valence-electron chi connectivity index (χ3n) is 4.50. The van der Waals surface area contributed by atoms with Gasteiger partial charge in [0.05, 0.1) is 18.0 Å². The second-order valence-electron chi connectivity index (χ2n) is 6.20. The molecule has 0 spiro atoms. The van der Waals surface area contributed by atoms with E-state index in [1.54, 1.807) is 0 Å². The molecule has 2 N–H and O–H groups in total. The molecular weight excluding hydrogens is 308 g/mol. The number of aliphatic imine (C=N–C) groups is 2. The van der Waals surface area contributed by atoms with Crippen molar-refractivity contribution < 1.29 is 0 Å². The molecule has 0 bridgehead atoms. The summed E-state index contributed by atoms with van der Waals surface area (Å²) in [4.78, 5) is 15.7. The third-order valence-corrected chi connectivity index (χ3v) is 4.50. The maximum Gasteiger partial charge on any atom is 0.0680 e. The highest BCUT2D eigenvalue weighted by Gasteiger charge is 2.06. The molecule has 0 aliphatic carbocycles. The zero-order valence-corrected chi connectivity index (χ0v) is 14.4. The van der Waals surface area contributed by atoms with E-state index in [9.17, 15) is 0 Å². The first-order valence-electron chi connectivity index (χ1n) is 8.41. The molecule has 2 aromatic rings. The van der Waals surface area contributed by atoms with Gasteiger partial charge in [-0.2, -0.15) is 0 Å². The average Bonchev–Trinajstić information content (AvgIpc) is 3.41. The molecule has 4 nitrogen and oxygen atoms in total. The number of H-pyrrole nitrogens is 2. The summed E-state index contributed by atoms with van der Waals surface area (Å²) in [6.45, 7) is 4.96. The normalized spacial score (nSPS) is 19.8. The summed E-state index contributed by atoms with van der Waals surface area (Å²) in [5.41, 5.74) is 6.53. The first kappa shape index (κ1) is 15.4. The number of aromatic nitrogens is 2. The number of allylic oxidation sites excluding steroid dienone is 4. The van der Waals surface area contributed by atoms with Crippen molar-refractivity contribution in [3.63, 3.8) is 0 Å². The lowest BCUT2D eigenvalue weighted by molar-refractivity contribution is 1.24. The fourth-order valence-corrected chi connectivity index (χ4v) is 3.01. The zero-order valence-electron chi connectivity index (χ0n) is 14.4. The van der Waals surface area contributed by atoms with Gasteiger partial charge in [0.15, 0.2) is 0 Å². The van der Waals surface area contributed by atoms with Crippen molar-refractivity contribution in [1.82, 2.24) is 9.97 Å². The minimum absolute atomic E-state index is 0.783. The van der Waals surface area contributed by atoms with Gasteiger partial charge in [0.2, 0.25) is 0 Å². The molecule has 4 rings (SSSR count). The van der Waals surface area contributed by atoms with Crippen LogP contribution in [0.15, 0.2) is 64.3 Å². The highest BCUT2D eigenvalue weighted by Crippen LogP contribution is 2.21. The van der Waals surface area contributed by atoms with Gasteiger partial charge in [-0.1, -0.05) is 6.08 Å². The summed E-state index contributed by atoms with van der Waals surface area (Å²) in [6.07, 6.45) is 12.1. The van der Waals surface area contributed by atoms with Gasteiger partial charge in [-0.3, -0.25) is 9.98 Å². The van der Waals surface area contributed by atoms with E-state index >= 15 is 0 Å². The molecule has 2 aliphatic rings. The predicted octanol–water partition coefficient (Wildman–Crippen LogP) is 2.72. The molecule has 25 heavy (non-hydrogen) atoms. The van der Waals surface area contributed by atoms with Crippen LogP contribution in [-0.2, 0) is 0 Å². The van der Waals surface area contributed by atoms with Crippen LogP contribution in [-0.4, -0.2) is 28.4 Å². The molecule has 0 amide bonds. The maximum absolute atomic E-state index is 4.48. The molecule has 2 aliphatic heterocycles. The third kappa shape index (κ3) is 3.11. The zero-order chi connectivity index (χ0) is 17.2. The fraction of sp³-hybridized carbons (Fsp3) is 0.143. The molecule has 4 heterocycles. The molecule has 2 aromatic heterocycles. The van der Waals surface area contributed by atoms with E-state index in [2.05, 4.69) is 76.3 Å². The second kappa shape index (κ2) is 6.40. The number of aromatic amines is 2. The quantitative estimate of drug-likeness (QED) is 0.870. The highest BCUT2D eigenvalue weighted by molar-refractivity contribution is 6.24. The lowest BCUT2D eigenvalue weighted by atomic mass is 10.2. The molecule has 124 valence electrons. The number of rotatable bonds is 3. The molecule has 0 radical (unpaired) electrons. The van der Waals surface area contributed by atoms with Gasteiger partial charge in [-0.15, -0.1) is 0 Å². The van der Waals surface area contributed by atoms with Crippen molar-refractivity contribution in [3.8, 4) is 0 Å². The Morgan fingerprint density at radius 3 is 2.72 bits per heavy atom. The SMILES string of the molecule is CC(=C1C=CC=N1)c1ccc(C=c2ccc(=C(C)C3=NCC=C3)[nH]2)[nH]1. The molecule has 0 fully saturated rings. The first-order valence-corrected chi connectivity index (χ1v) is 8.41. The Labute approximate surface area is 146 Å². The predicted molar refractivity (Wildman–Crippen MR) is 105 cm³/mol. The Morgan fingerprint density at radius 1 is 1.04 bits per heavy atom. The van der Waals surface area contributed by atoms with E-state index < -0.39 is 0 Å². The number of nitrogens with one attached hydrogen (secondary N) is 2. The first-order chi connectivity index (χ1) is 12.2. The topological polar surface area (TPSA) is 56.3 Å². The Morgan fingerprint density at radius 2 is 1.96 bits per heavy atom. The minimum Gasteiger partial charge on any atom is -0.355 e. The van der Waals surface area contributed by atoms with Crippen LogP contribution in [0.25, 0.3) is 17.2 Å². The lowest BCUT2D eigenvalue weighted by Crippen LogP contribution is -2.15. The Balaban J connectivity index is 1.66. The standard InChI is InChI=1S/C21H20N4/c1-14(18-5-3-11-22-18)20-9-7-16(24-20)13-17-8-10-21(25-17)15(2)19-6-4-12-23-19/h3-11,13,24-25H,12H2,1-2H3. The van der Waals surface area contributed by atoms with E-state index in [-0.39, 0.29) is 0 Å². The van der Waals surface area contributed by atoms with E-state index in [1.807, 2.05) is 18.4 Å². The van der Waals surface area contributed by atoms with Crippen LogP contribution in [0.1, 0.15) is 25.2 Å². The van der Waals surface area contributed by atoms with Crippen molar-refractivity contribution in [2.75, 3.05) is 6.54 Å². The summed E-state index contributed by atoms with van der Waals surface area (Å²) in [6, 6.07) is 8.37. The van der Waals surface area contributed by atoms with Gasteiger partial charge in [0.25, 0.3) is 0 Å². The molecule has 0 aromatic carbocycles. The van der Waals surface area contributed by atoms with Gasteiger partial charge in [-0.05, 0) is 73.6 Å². The van der Waals surface area contributed by atoms with Crippen molar-refractivity contribution in [3.05, 3.63) is 76.4 Å². The number of nitrogens with zero attached hydrogens (tertiary/aromatic N) is 2. The molecule has 0 unspecified atom stereocenters. The number of hydrogen-bond acceptors (Lipinski definition) is 2. The summed E-state index contributed by atoms with van der Waals surface area (Å²) in [5, 5.41) is 2.17. The minimum atomic E-state index is 0.783. The number of hydrogen-bond donors (Lipinski definition) is 2. The average molecular weight is 328 g/mol. The second-order valence-corrected chi connectivity index (χ2v) is 6.20. The molecule has 0 saturated heterocycles. The molecule has 4 heteroatoms. The van der Waals surface area contributed by atoms with Crippen molar-refractivity contribution >= 4 is 29.1 Å². The van der Waals surface area contributed by atoms with Gasteiger partial charge in [0.1, 0.15) is 0 Å². The van der Waals surface area contributed by atoms with E-state index in [4.69, 9.17) is 0 Å². The van der Waals surface area contributed by atoms with Crippen LogP contribution in [0.4, 0.5) is 0 Å². The van der Waals surface area contributed by atoms with E-state index in [1.165, 1.54) is 5.57 Å². The summed E-state index contributed by atoms with van der Waals surface area (Å²) < 4.78 is 0. The van der Waals surface area contributed by atoms with Crippen LogP contribution in [0.2, 0.25) is 0 Å². The lowest BCUT2D eigenvalue weighted by Gasteiger charge is -1.99. The van der Waals surface area contributed by atoms with Crippen LogP contribution in [0.5, 0.6) is 0 Å². The molecular formula is C21H20N4. The summed E-state index contributed by atoms with van der Waals surface area (Å²) >= 11 is 0. The monoisotopic (exact) mass is 328 g/mol. The van der Waals surface area contributed by atoms with Gasteiger partial charge >= 0.3 is 0 Å². The Bertz CT molecular complexity index is 1070. The van der Waals surface area contributed by atoms with Gasteiger partial charge in [0, 0.05) is 28.3 Å². The molecule has 0 atom stereocenters. The van der Waals surface area contributed by atoms with E-state index in [0.29, 0.717) is 0 Å². The highest BCUT2D eigenvalue weighted by atomic mass is 14.8. The maximum atomic E-state index is 4.48. The van der Waals surface area contributed by atoms with Crippen LogP contribution in [0, 0.1) is 0 Å². The van der Waals surface area contributed by atoms with Gasteiger partial charge in [-0.25, -0.2) is 0 Å². The van der Waals surface area contributed by atoms with E-state index in [0.717, 1.165) is 45.6 Å². The van der Waals surface area contributed by atoms with Gasteiger partial charge < -0.3 is 9.97 Å². The largest absolute Gasteiger partial charge is 0.355 e. The summed E-state index contributed by atoms with van der Waals surface area (Å²) in [7, 11) is 0. The smallest absolute Gasteiger partial charge is 0.0680 e. The molecule has 0 saturated carbocycles. The van der Waals surface area contributed by atoms with Crippen molar-refractivity contribution in [2.24, 2.45) is 9.98 Å².